The normalized spacial score (nSPS) is 18.0. The molecule has 0 fully saturated rings. The zero-order valence-corrected chi connectivity index (χ0v) is 15.4. The van der Waals surface area contributed by atoms with Crippen LogP contribution in [0, 0.1) is 11.2 Å². The Labute approximate surface area is 152 Å². The molecule has 3 nitrogen and oxygen atoms in total. The number of carbonyl (C=O) groups is 1. The number of benzene rings is 2. The summed E-state index contributed by atoms with van der Waals surface area (Å²) in [5.41, 5.74) is 1.93. The van der Waals surface area contributed by atoms with Crippen LogP contribution in [0.1, 0.15) is 33.3 Å². The number of hydrogen-bond donors (Lipinski definition) is 0. The van der Waals surface area contributed by atoms with E-state index >= 15 is 0 Å². The number of pyridine rings is 1. The van der Waals surface area contributed by atoms with Crippen LogP contribution in [0.3, 0.4) is 0 Å². The van der Waals surface area contributed by atoms with Crippen LogP contribution in [0.4, 0.5) is 15.8 Å². The molecule has 0 unspecified atom stereocenters. The van der Waals surface area contributed by atoms with Crippen molar-refractivity contribution in [2.24, 2.45) is 5.41 Å². The highest BCUT2D eigenvalue weighted by Gasteiger charge is 2.52. The number of nitrogens with zero attached hydrogens (tertiary/aromatic N) is 2. The Morgan fingerprint density at radius 2 is 1.69 bits per heavy atom. The Kier molecular flexibility index (Phi) is 3.45. The predicted molar refractivity (Wildman–Crippen MR) is 102 cm³/mol. The van der Waals surface area contributed by atoms with Crippen LogP contribution in [0.15, 0.2) is 54.7 Å². The van der Waals surface area contributed by atoms with Gasteiger partial charge in [0.2, 0.25) is 5.91 Å². The van der Waals surface area contributed by atoms with Crippen molar-refractivity contribution in [2.75, 3.05) is 4.90 Å². The van der Waals surface area contributed by atoms with E-state index in [1.165, 1.54) is 6.07 Å². The van der Waals surface area contributed by atoms with Crippen LogP contribution in [-0.2, 0) is 10.2 Å². The van der Waals surface area contributed by atoms with Gasteiger partial charge in [0, 0.05) is 10.8 Å². The number of fused-ring (bicyclic) bond motifs is 2. The lowest BCUT2D eigenvalue weighted by atomic mass is 9.60. The Balaban J connectivity index is 1.99. The number of carbonyl (C=O) groups excluding carboxylic acids is 1. The van der Waals surface area contributed by atoms with Crippen molar-refractivity contribution in [1.29, 1.82) is 0 Å². The minimum Gasteiger partial charge on any atom is -0.279 e. The minimum absolute atomic E-state index is 0.0151. The number of rotatable bonds is 1. The topological polar surface area (TPSA) is 33.2 Å². The first-order chi connectivity index (χ1) is 12.2. The summed E-state index contributed by atoms with van der Waals surface area (Å²) in [5.74, 6) is -0.308. The zero-order chi connectivity index (χ0) is 18.7. The standard InChI is InChI=1S/C22H21FN2O/c1-21(2)17-12-15(23)9-10-19(17)25(20(26)22(21,3)4)16-11-14-7-5-6-8-18(14)24-13-16/h5-13H,1-4H3. The average Bonchev–Trinajstić information content (AvgIpc) is 2.61. The van der Waals surface area contributed by atoms with Gasteiger partial charge in [0.15, 0.2) is 0 Å². The summed E-state index contributed by atoms with van der Waals surface area (Å²) >= 11 is 0. The summed E-state index contributed by atoms with van der Waals surface area (Å²) in [6, 6.07) is 14.4. The van der Waals surface area contributed by atoms with E-state index in [-0.39, 0.29) is 11.7 Å². The SMILES string of the molecule is CC1(C)C(=O)N(c2cnc3ccccc3c2)c2ccc(F)cc2C1(C)C. The van der Waals surface area contributed by atoms with Crippen LogP contribution in [0.5, 0.6) is 0 Å². The van der Waals surface area contributed by atoms with Crippen molar-refractivity contribution in [3.63, 3.8) is 0 Å². The second-order valence-corrected chi connectivity index (χ2v) is 7.94. The van der Waals surface area contributed by atoms with Gasteiger partial charge in [-0.3, -0.25) is 14.7 Å². The number of anilines is 2. The molecule has 2 aromatic carbocycles. The number of para-hydroxylation sites is 1. The predicted octanol–water partition coefficient (Wildman–Crippen LogP) is 5.36. The first-order valence-corrected chi connectivity index (χ1v) is 8.73. The molecule has 1 amide bonds. The summed E-state index contributed by atoms with van der Waals surface area (Å²) in [5, 5.41) is 0.962. The second-order valence-electron chi connectivity index (χ2n) is 7.94. The average molecular weight is 348 g/mol. The van der Waals surface area contributed by atoms with Gasteiger partial charge in [0.25, 0.3) is 0 Å². The molecule has 0 saturated heterocycles. The Hall–Kier alpha value is -2.75. The van der Waals surface area contributed by atoms with E-state index in [4.69, 9.17) is 0 Å². The summed E-state index contributed by atoms with van der Waals surface area (Å²) in [4.78, 5) is 19.6. The summed E-state index contributed by atoms with van der Waals surface area (Å²) in [6.07, 6.45) is 1.71. The van der Waals surface area contributed by atoms with Gasteiger partial charge >= 0.3 is 0 Å². The van der Waals surface area contributed by atoms with Crippen LogP contribution in [-0.4, -0.2) is 10.9 Å². The van der Waals surface area contributed by atoms with Gasteiger partial charge in [-0.25, -0.2) is 4.39 Å². The second kappa shape index (κ2) is 5.37. The fourth-order valence-corrected chi connectivity index (χ4v) is 3.63. The van der Waals surface area contributed by atoms with Crippen molar-refractivity contribution in [3.05, 3.63) is 66.1 Å². The van der Waals surface area contributed by atoms with Crippen molar-refractivity contribution in [2.45, 2.75) is 33.1 Å². The molecule has 0 bridgehead atoms. The number of hydrogen-bond acceptors (Lipinski definition) is 2. The molecule has 3 aromatic rings. The van der Waals surface area contributed by atoms with E-state index < -0.39 is 10.8 Å². The summed E-state index contributed by atoms with van der Waals surface area (Å²) < 4.78 is 14.0. The van der Waals surface area contributed by atoms with E-state index in [0.29, 0.717) is 5.69 Å². The van der Waals surface area contributed by atoms with Crippen molar-refractivity contribution in [1.82, 2.24) is 4.98 Å². The monoisotopic (exact) mass is 348 g/mol. The van der Waals surface area contributed by atoms with E-state index in [1.54, 1.807) is 23.2 Å². The molecule has 0 saturated carbocycles. The number of aromatic nitrogens is 1. The first kappa shape index (κ1) is 16.7. The largest absolute Gasteiger partial charge is 0.279 e. The molecule has 0 N–H and O–H groups in total. The highest BCUT2D eigenvalue weighted by molar-refractivity contribution is 6.08. The summed E-state index contributed by atoms with van der Waals surface area (Å²) in [7, 11) is 0. The molecule has 0 atom stereocenters. The van der Waals surface area contributed by atoms with Crippen LogP contribution in [0.25, 0.3) is 10.9 Å². The highest BCUT2D eigenvalue weighted by atomic mass is 19.1. The summed E-state index contributed by atoms with van der Waals surface area (Å²) in [6.45, 7) is 7.84. The van der Waals surface area contributed by atoms with Gasteiger partial charge < -0.3 is 0 Å². The highest BCUT2D eigenvalue weighted by Crippen LogP contribution is 2.52. The van der Waals surface area contributed by atoms with Gasteiger partial charge in [-0.15, -0.1) is 0 Å². The molecule has 4 heteroatoms. The third kappa shape index (κ3) is 2.18. The number of amides is 1. The molecule has 0 radical (unpaired) electrons. The molecule has 1 aliphatic heterocycles. The molecule has 1 aliphatic rings. The first-order valence-electron chi connectivity index (χ1n) is 8.73. The Morgan fingerprint density at radius 1 is 0.962 bits per heavy atom. The maximum atomic E-state index is 14.0. The molecule has 26 heavy (non-hydrogen) atoms. The molecule has 1 aromatic heterocycles. The van der Waals surface area contributed by atoms with Gasteiger partial charge in [-0.1, -0.05) is 45.9 Å². The van der Waals surface area contributed by atoms with Gasteiger partial charge in [0.05, 0.1) is 28.5 Å². The van der Waals surface area contributed by atoms with E-state index in [0.717, 1.165) is 22.2 Å². The van der Waals surface area contributed by atoms with Gasteiger partial charge in [0.1, 0.15) is 5.82 Å². The van der Waals surface area contributed by atoms with E-state index in [2.05, 4.69) is 4.98 Å². The molecular weight excluding hydrogens is 327 g/mol. The van der Waals surface area contributed by atoms with Crippen LogP contribution >= 0.6 is 0 Å². The third-order valence-corrected chi connectivity index (χ3v) is 6.01. The zero-order valence-electron chi connectivity index (χ0n) is 15.4. The molecule has 132 valence electrons. The van der Waals surface area contributed by atoms with Crippen LogP contribution in [0.2, 0.25) is 0 Å². The molecule has 0 aliphatic carbocycles. The maximum absolute atomic E-state index is 14.0. The Bertz CT molecular complexity index is 1040. The van der Waals surface area contributed by atoms with Crippen LogP contribution < -0.4 is 4.90 Å². The molecule has 0 spiro atoms. The molecular formula is C22H21FN2O. The van der Waals surface area contributed by atoms with Gasteiger partial charge in [-0.2, -0.15) is 0 Å². The van der Waals surface area contributed by atoms with E-state index in [1.807, 2.05) is 58.0 Å². The Morgan fingerprint density at radius 3 is 2.46 bits per heavy atom. The maximum Gasteiger partial charge on any atom is 0.238 e. The minimum atomic E-state index is -0.695. The lowest BCUT2D eigenvalue weighted by molar-refractivity contribution is -0.129. The molecule has 2 heterocycles. The van der Waals surface area contributed by atoms with Crippen molar-refractivity contribution < 1.29 is 9.18 Å². The molecule has 4 rings (SSSR count). The lowest BCUT2D eigenvalue weighted by Gasteiger charge is -2.49. The third-order valence-electron chi connectivity index (χ3n) is 6.01. The van der Waals surface area contributed by atoms with E-state index in [9.17, 15) is 9.18 Å². The van der Waals surface area contributed by atoms with Crippen molar-refractivity contribution in [3.8, 4) is 0 Å². The van der Waals surface area contributed by atoms with Gasteiger partial charge in [-0.05, 0) is 35.9 Å². The smallest absolute Gasteiger partial charge is 0.238 e. The van der Waals surface area contributed by atoms with Crippen molar-refractivity contribution >= 4 is 28.2 Å². The fourth-order valence-electron chi connectivity index (χ4n) is 3.63. The quantitative estimate of drug-likeness (QED) is 0.593. The fraction of sp³-hybridized carbons (Fsp3) is 0.273. The lowest BCUT2D eigenvalue weighted by Crippen LogP contribution is -2.53. The number of halogens is 1.